The Labute approximate surface area is 152 Å². The van der Waals surface area contributed by atoms with Gasteiger partial charge in [0.25, 0.3) is 6.47 Å². The first-order valence-electron chi connectivity index (χ1n) is 8.43. The minimum absolute atomic E-state index is 0.357. The van der Waals surface area contributed by atoms with E-state index < -0.39 is 17.3 Å². The third-order valence-corrected chi connectivity index (χ3v) is 4.08. The molecule has 1 aromatic heterocycles. The van der Waals surface area contributed by atoms with Crippen LogP contribution in [0.25, 0.3) is 11.0 Å². The van der Waals surface area contributed by atoms with Crippen LogP contribution in [0.1, 0.15) is 33.6 Å². The molecule has 1 heterocycles. The number of rotatable bonds is 9. The number of benzene rings is 1. The SMILES string of the molecule is CC(=CCOc1ccc2ccc(=O)oc2c1)CC[C@@H](OC=O)C(C)(C)O. The van der Waals surface area contributed by atoms with Crippen molar-refractivity contribution in [3.05, 3.63) is 52.4 Å². The van der Waals surface area contributed by atoms with E-state index in [4.69, 9.17) is 13.9 Å². The molecule has 2 rings (SSSR count). The Balaban J connectivity index is 1.91. The summed E-state index contributed by atoms with van der Waals surface area (Å²) >= 11 is 0. The monoisotopic (exact) mass is 360 g/mol. The molecular formula is C20H24O6. The number of fused-ring (bicyclic) bond motifs is 1. The molecule has 1 atom stereocenters. The second kappa shape index (κ2) is 8.67. The van der Waals surface area contributed by atoms with Gasteiger partial charge in [-0.25, -0.2) is 4.79 Å². The van der Waals surface area contributed by atoms with E-state index in [1.54, 1.807) is 26.0 Å². The lowest BCUT2D eigenvalue weighted by Crippen LogP contribution is -2.38. The molecule has 0 saturated carbocycles. The predicted molar refractivity (Wildman–Crippen MR) is 98.2 cm³/mol. The Morgan fingerprint density at radius 2 is 2.04 bits per heavy atom. The maximum Gasteiger partial charge on any atom is 0.336 e. The summed E-state index contributed by atoms with van der Waals surface area (Å²) in [4.78, 5) is 21.8. The number of ether oxygens (including phenoxy) is 2. The second-order valence-corrected chi connectivity index (χ2v) is 6.73. The molecule has 0 bridgehead atoms. The van der Waals surface area contributed by atoms with E-state index in [-0.39, 0.29) is 0 Å². The lowest BCUT2D eigenvalue weighted by atomic mass is 9.95. The van der Waals surface area contributed by atoms with Gasteiger partial charge in [0.05, 0.1) is 5.60 Å². The van der Waals surface area contributed by atoms with Crippen LogP contribution >= 0.6 is 0 Å². The number of aliphatic hydroxyl groups is 1. The van der Waals surface area contributed by atoms with E-state index in [9.17, 15) is 14.7 Å². The van der Waals surface area contributed by atoms with Crippen LogP contribution in [0.5, 0.6) is 5.75 Å². The van der Waals surface area contributed by atoms with Crippen LogP contribution in [0, 0.1) is 0 Å². The molecule has 0 unspecified atom stereocenters. The van der Waals surface area contributed by atoms with Crippen molar-refractivity contribution in [2.24, 2.45) is 0 Å². The number of hydrogen-bond acceptors (Lipinski definition) is 6. The summed E-state index contributed by atoms with van der Waals surface area (Å²) in [7, 11) is 0. The molecule has 0 radical (unpaired) electrons. The molecule has 0 saturated heterocycles. The minimum Gasteiger partial charge on any atom is -0.489 e. The molecule has 2 aromatic rings. The number of carbonyl (C=O) groups is 1. The summed E-state index contributed by atoms with van der Waals surface area (Å²) < 4.78 is 15.8. The minimum atomic E-state index is -1.09. The Bertz CT molecular complexity index is 828. The molecule has 1 aromatic carbocycles. The molecule has 6 nitrogen and oxygen atoms in total. The van der Waals surface area contributed by atoms with Gasteiger partial charge in [0, 0.05) is 17.5 Å². The van der Waals surface area contributed by atoms with Gasteiger partial charge in [-0.05, 0) is 57.9 Å². The van der Waals surface area contributed by atoms with Crippen molar-refractivity contribution >= 4 is 17.4 Å². The van der Waals surface area contributed by atoms with Gasteiger partial charge in [-0.2, -0.15) is 0 Å². The summed E-state index contributed by atoms with van der Waals surface area (Å²) in [5.74, 6) is 0.606. The molecule has 140 valence electrons. The summed E-state index contributed by atoms with van der Waals surface area (Å²) in [6.45, 7) is 5.90. The van der Waals surface area contributed by atoms with Crippen LogP contribution in [0.4, 0.5) is 0 Å². The molecule has 6 heteroatoms. The highest BCUT2D eigenvalue weighted by atomic mass is 16.5. The number of carbonyl (C=O) groups excluding carboxylic acids is 1. The molecule has 0 fully saturated rings. The fourth-order valence-corrected chi connectivity index (χ4v) is 2.53. The highest BCUT2D eigenvalue weighted by Crippen LogP contribution is 2.21. The lowest BCUT2D eigenvalue weighted by molar-refractivity contribution is -0.147. The van der Waals surface area contributed by atoms with Gasteiger partial charge in [-0.1, -0.05) is 5.57 Å². The van der Waals surface area contributed by atoms with Crippen molar-refractivity contribution in [1.82, 2.24) is 0 Å². The smallest absolute Gasteiger partial charge is 0.336 e. The Hall–Kier alpha value is -2.60. The number of hydrogen-bond donors (Lipinski definition) is 1. The number of allylic oxidation sites excluding steroid dienone is 1. The Kier molecular flexibility index (Phi) is 6.58. The highest BCUT2D eigenvalue weighted by molar-refractivity contribution is 5.77. The molecule has 0 amide bonds. The molecule has 1 N–H and O–H groups in total. The average molecular weight is 360 g/mol. The maximum atomic E-state index is 11.3. The van der Waals surface area contributed by atoms with E-state index in [2.05, 4.69) is 0 Å². The molecule has 0 aliphatic rings. The zero-order chi connectivity index (χ0) is 19.2. The van der Waals surface area contributed by atoms with Crippen molar-refractivity contribution in [2.45, 2.75) is 45.3 Å². The van der Waals surface area contributed by atoms with E-state index >= 15 is 0 Å². The lowest BCUT2D eigenvalue weighted by Gasteiger charge is -2.27. The molecule has 0 spiro atoms. The Morgan fingerprint density at radius 3 is 2.73 bits per heavy atom. The summed E-state index contributed by atoms with van der Waals surface area (Å²) in [5, 5.41) is 10.8. The topological polar surface area (TPSA) is 86.0 Å². The zero-order valence-corrected chi connectivity index (χ0v) is 15.2. The summed E-state index contributed by atoms with van der Waals surface area (Å²) in [5.41, 5.74) is 0.0484. The van der Waals surface area contributed by atoms with Gasteiger partial charge in [0.2, 0.25) is 0 Å². The van der Waals surface area contributed by atoms with Crippen molar-refractivity contribution in [3.8, 4) is 5.75 Å². The van der Waals surface area contributed by atoms with Crippen LogP contribution < -0.4 is 10.4 Å². The largest absolute Gasteiger partial charge is 0.489 e. The van der Waals surface area contributed by atoms with Crippen molar-refractivity contribution in [2.75, 3.05) is 6.61 Å². The van der Waals surface area contributed by atoms with Gasteiger partial charge in [0.1, 0.15) is 24.0 Å². The first kappa shape index (κ1) is 19.7. The molecule has 0 aliphatic heterocycles. The van der Waals surface area contributed by atoms with E-state index in [0.717, 1.165) is 11.0 Å². The van der Waals surface area contributed by atoms with E-state index in [1.165, 1.54) is 6.07 Å². The highest BCUT2D eigenvalue weighted by Gasteiger charge is 2.27. The van der Waals surface area contributed by atoms with E-state index in [1.807, 2.05) is 25.1 Å². The fourth-order valence-electron chi connectivity index (χ4n) is 2.53. The van der Waals surface area contributed by atoms with Crippen molar-refractivity contribution < 1.29 is 23.8 Å². The van der Waals surface area contributed by atoms with Crippen LogP contribution in [-0.4, -0.2) is 29.9 Å². The van der Waals surface area contributed by atoms with Gasteiger partial charge < -0.3 is 19.0 Å². The van der Waals surface area contributed by atoms with Gasteiger partial charge in [-0.3, -0.25) is 4.79 Å². The van der Waals surface area contributed by atoms with Crippen molar-refractivity contribution in [3.63, 3.8) is 0 Å². The zero-order valence-electron chi connectivity index (χ0n) is 15.2. The van der Waals surface area contributed by atoms with Gasteiger partial charge in [-0.15, -0.1) is 0 Å². The summed E-state index contributed by atoms with van der Waals surface area (Å²) in [6, 6.07) is 8.41. The quantitative estimate of drug-likeness (QED) is 0.420. The average Bonchev–Trinajstić information content (AvgIpc) is 2.57. The van der Waals surface area contributed by atoms with Gasteiger partial charge >= 0.3 is 5.63 Å². The Morgan fingerprint density at radius 1 is 1.31 bits per heavy atom. The molecule has 26 heavy (non-hydrogen) atoms. The van der Waals surface area contributed by atoms with Gasteiger partial charge in [0.15, 0.2) is 0 Å². The first-order chi connectivity index (χ1) is 12.3. The van der Waals surface area contributed by atoms with Crippen LogP contribution in [0.3, 0.4) is 0 Å². The third-order valence-electron chi connectivity index (χ3n) is 4.08. The summed E-state index contributed by atoms with van der Waals surface area (Å²) in [6.07, 6.45) is 2.55. The second-order valence-electron chi connectivity index (χ2n) is 6.73. The first-order valence-corrected chi connectivity index (χ1v) is 8.43. The predicted octanol–water partition coefficient (Wildman–Crippen LogP) is 3.21. The van der Waals surface area contributed by atoms with Crippen LogP contribution in [0.2, 0.25) is 0 Å². The van der Waals surface area contributed by atoms with E-state index in [0.29, 0.717) is 37.3 Å². The maximum absolute atomic E-state index is 11.3. The van der Waals surface area contributed by atoms with Crippen LogP contribution in [-0.2, 0) is 9.53 Å². The third kappa shape index (κ3) is 5.74. The van der Waals surface area contributed by atoms with Crippen LogP contribution in [0.15, 0.2) is 51.2 Å². The fraction of sp³-hybridized carbons (Fsp3) is 0.400. The standard InChI is InChI=1S/C20H24O6/c1-14(4-8-18(25-13-21)20(2,3)23)10-11-24-16-7-5-15-6-9-19(22)26-17(15)12-16/h5-7,9-10,12-13,18,23H,4,8,11H2,1-3H3/t18-/m1/s1. The van der Waals surface area contributed by atoms with Crippen molar-refractivity contribution in [1.29, 1.82) is 0 Å². The molecule has 0 aliphatic carbocycles. The normalized spacial score (nSPS) is 13.5. The molecular weight excluding hydrogens is 336 g/mol.